The number of nitrogens with one attached hydrogen (secondary N) is 1. The molecule has 0 spiro atoms. The molecule has 1 saturated carbocycles. The summed E-state index contributed by atoms with van der Waals surface area (Å²) in [6, 6.07) is 15.3. The van der Waals surface area contributed by atoms with Crippen molar-refractivity contribution in [2.75, 3.05) is 17.4 Å². The van der Waals surface area contributed by atoms with E-state index in [1.165, 1.54) is 18.1 Å². The zero-order valence-electron chi connectivity index (χ0n) is 30.0. The average Bonchev–Trinajstić information content (AvgIpc) is 3.58. The van der Waals surface area contributed by atoms with E-state index in [-0.39, 0.29) is 34.6 Å². The fraction of sp³-hybridized carbons (Fsp3) is 0.244. The van der Waals surface area contributed by atoms with E-state index in [0.29, 0.717) is 49.2 Å². The molecule has 4 aliphatic rings. The van der Waals surface area contributed by atoms with E-state index in [9.17, 15) is 32.7 Å². The van der Waals surface area contributed by atoms with Crippen molar-refractivity contribution in [2.24, 2.45) is 23.7 Å². The van der Waals surface area contributed by atoms with Gasteiger partial charge in [0.25, 0.3) is 11.8 Å². The molecule has 1 aromatic heterocycles. The van der Waals surface area contributed by atoms with Crippen LogP contribution in [0.3, 0.4) is 0 Å². The normalized spacial score (nSPS) is 25.3. The molecule has 298 valence electrons. The van der Waals surface area contributed by atoms with Crippen molar-refractivity contribution in [1.29, 1.82) is 0 Å². The van der Waals surface area contributed by atoms with Gasteiger partial charge in [0.2, 0.25) is 11.8 Å². The zero-order valence-corrected chi connectivity index (χ0v) is 34.7. The summed E-state index contributed by atoms with van der Waals surface area (Å²) in [5.74, 6) is -7.89. The SMILES string of the molecule is C=Cc1ccc(N2C(=O)[C@H]3[C@H](CC=C4[C@H]3C[C@H]3C(=O)N(Nc5ncc(C(F)(F)F)cc5Cl)C(=O)[C@@]3(c3ccc(Cl)cc3)[C@H]4c3cc(OC)c(O)c(Br)c3Br)C2=O)cc1. The molecule has 4 amide bonds. The maximum atomic E-state index is 15.5. The number of anilines is 2. The number of nitrogens with zero attached hydrogens (tertiary/aromatic N) is 3. The Labute approximate surface area is 355 Å². The maximum absolute atomic E-state index is 15.5. The number of phenols is 1. The number of phenolic OH excluding ortho intramolecular Hbond substituents is 1. The van der Waals surface area contributed by atoms with Crippen molar-refractivity contribution >= 4 is 96.3 Å². The van der Waals surface area contributed by atoms with Gasteiger partial charge in [0, 0.05) is 21.6 Å². The highest BCUT2D eigenvalue weighted by molar-refractivity contribution is 9.13. The number of allylic oxidation sites excluding steroid dienone is 2. The Balaban J connectivity index is 1.34. The van der Waals surface area contributed by atoms with Crippen molar-refractivity contribution in [2.45, 2.75) is 30.4 Å². The van der Waals surface area contributed by atoms with Gasteiger partial charge in [-0.2, -0.15) is 18.2 Å². The second-order valence-electron chi connectivity index (χ2n) is 14.4. The number of methoxy groups -OCH3 is 1. The van der Waals surface area contributed by atoms with E-state index in [1.807, 2.05) is 6.08 Å². The van der Waals surface area contributed by atoms with Crippen molar-refractivity contribution in [3.05, 3.63) is 126 Å². The second kappa shape index (κ2) is 14.5. The highest BCUT2D eigenvalue weighted by atomic mass is 79.9. The number of rotatable bonds is 7. The van der Waals surface area contributed by atoms with Crippen LogP contribution in [0.15, 0.2) is 94.0 Å². The number of aromatic nitrogens is 1. The Morgan fingerprint density at radius 2 is 1.67 bits per heavy atom. The van der Waals surface area contributed by atoms with Crippen LogP contribution in [0.2, 0.25) is 10.0 Å². The molecule has 10 nitrogen and oxygen atoms in total. The molecule has 4 aromatic rings. The Bertz CT molecular complexity index is 2490. The zero-order chi connectivity index (χ0) is 41.6. The smallest absolute Gasteiger partial charge is 0.417 e. The summed E-state index contributed by atoms with van der Waals surface area (Å²) >= 11 is 19.7. The van der Waals surface area contributed by atoms with Gasteiger partial charge in [-0.1, -0.05) is 71.8 Å². The van der Waals surface area contributed by atoms with Gasteiger partial charge < -0.3 is 9.84 Å². The Morgan fingerprint density at radius 3 is 2.29 bits per heavy atom. The molecule has 3 heterocycles. The number of hydrogen-bond donors (Lipinski definition) is 2. The second-order valence-corrected chi connectivity index (χ2v) is 16.8. The molecule has 2 saturated heterocycles. The number of pyridine rings is 1. The summed E-state index contributed by atoms with van der Waals surface area (Å²) in [7, 11) is 1.35. The minimum Gasteiger partial charge on any atom is -0.503 e. The topological polar surface area (TPSA) is 129 Å². The predicted octanol–water partition coefficient (Wildman–Crippen LogP) is 9.48. The van der Waals surface area contributed by atoms with Crippen molar-refractivity contribution in [1.82, 2.24) is 9.99 Å². The lowest BCUT2D eigenvalue weighted by molar-refractivity contribution is -0.139. The number of amides is 4. The lowest BCUT2D eigenvalue weighted by atomic mass is 9.49. The number of halogens is 7. The predicted molar refractivity (Wildman–Crippen MR) is 216 cm³/mol. The summed E-state index contributed by atoms with van der Waals surface area (Å²) < 4.78 is 46.7. The van der Waals surface area contributed by atoms with Gasteiger partial charge in [0.05, 0.1) is 51.0 Å². The standard InChI is InChI=1S/C41H29Br2Cl2F3N4O6/c1-3-18-4-10-22(11-5-18)51-36(54)24-13-12-23-25(30(24)38(51)56)15-27-37(55)52(50-35-28(45)14-20(17-49-35)41(46,47)48)39(57)40(27,19-6-8-21(44)9-7-19)31(23)26-16-29(58-2)34(53)33(43)32(26)42/h3-12,14,16-17,24-25,27,30-31,53H,1,13,15H2,2H3,(H,49,50)/t24-,25+,27-,30-,31+,40+/m0/s1. The van der Waals surface area contributed by atoms with Gasteiger partial charge in [-0.15, -0.1) is 0 Å². The number of carbonyl (C=O) groups is 4. The van der Waals surface area contributed by atoms with E-state index in [1.54, 1.807) is 54.6 Å². The van der Waals surface area contributed by atoms with Crippen molar-refractivity contribution < 1.29 is 42.2 Å². The van der Waals surface area contributed by atoms with Gasteiger partial charge in [-0.25, -0.2) is 4.98 Å². The number of imide groups is 2. The summed E-state index contributed by atoms with van der Waals surface area (Å²) in [6.07, 6.45) is -0.713. The number of hydrogen-bond acceptors (Lipinski definition) is 8. The molecule has 6 atom stereocenters. The molecule has 3 aromatic carbocycles. The number of hydrazine groups is 1. The average molecular weight is 961 g/mol. The van der Waals surface area contributed by atoms with Gasteiger partial charge in [0.15, 0.2) is 17.3 Å². The van der Waals surface area contributed by atoms with Crippen LogP contribution in [0.25, 0.3) is 6.08 Å². The van der Waals surface area contributed by atoms with E-state index >= 15 is 4.79 Å². The van der Waals surface area contributed by atoms with Crippen LogP contribution >= 0.6 is 55.1 Å². The van der Waals surface area contributed by atoms with Crippen LogP contribution in [-0.4, -0.2) is 45.8 Å². The van der Waals surface area contributed by atoms with Gasteiger partial charge >= 0.3 is 6.18 Å². The monoisotopic (exact) mass is 958 g/mol. The molecule has 2 aliphatic carbocycles. The van der Waals surface area contributed by atoms with E-state index < -0.39 is 75.4 Å². The molecule has 58 heavy (non-hydrogen) atoms. The molecule has 3 fully saturated rings. The quantitative estimate of drug-likeness (QED) is 0.139. The van der Waals surface area contributed by atoms with E-state index in [4.69, 9.17) is 27.9 Å². The van der Waals surface area contributed by atoms with Crippen LogP contribution in [0.5, 0.6) is 11.5 Å². The highest BCUT2D eigenvalue weighted by Crippen LogP contribution is 2.66. The van der Waals surface area contributed by atoms with Gasteiger partial charge in [-0.3, -0.25) is 29.5 Å². The summed E-state index contributed by atoms with van der Waals surface area (Å²) in [6.45, 7) is 3.77. The third kappa shape index (κ3) is 5.98. The van der Waals surface area contributed by atoms with Crippen LogP contribution < -0.4 is 15.1 Å². The molecule has 0 bridgehead atoms. The van der Waals surface area contributed by atoms with E-state index in [2.05, 4.69) is 48.8 Å². The molecule has 0 unspecified atom stereocenters. The number of fused-ring (bicyclic) bond motifs is 4. The third-order valence-electron chi connectivity index (χ3n) is 11.6. The highest BCUT2D eigenvalue weighted by Gasteiger charge is 2.71. The van der Waals surface area contributed by atoms with Gasteiger partial charge in [-0.05, 0) is 104 Å². The Kier molecular flexibility index (Phi) is 10.1. The first-order chi connectivity index (χ1) is 27.5. The summed E-state index contributed by atoms with van der Waals surface area (Å²) in [5.41, 5.74) is 2.15. The summed E-state index contributed by atoms with van der Waals surface area (Å²) in [5, 5.41) is 11.6. The molecular weight excluding hydrogens is 932 g/mol. The first kappa shape index (κ1) is 40.1. The Hall–Kier alpha value is -4.70. The minimum atomic E-state index is -4.77. The van der Waals surface area contributed by atoms with Gasteiger partial charge in [0.1, 0.15) is 0 Å². The molecule has 2 aliphatic heterocycles. The number of ether oxygens (including phenoxy) is 1. The Morgan fingerprint density at radius 1 is 0.983 bits per heavy atom. The van der Waals surface area contributed by atoms with Crippen LogP contribution in [0.4, 0.5) is 24.7 Å². The molecule has 2 N–H and O–H groups in total. The largest absolute Gasteiger partial charge is 0.503 e. The number of benzene rings is 3. The number of alkyl halides is 3. The van der Waals surface area contributed by atoms with Crippen LogP contribution in [0.1, 0.15) is 41.0 Å². The molecule has 0 radical (unpaired) electrons. The maximum Gasteiger partial charge on any atom is 0.417 e. The van der Waals surface area contributed by atoms with Crippen LogP contribution in [-0.2, 0) is 30.8 Å². The van der Waals surface area contributed by atoms with Crippen molar-refractivity contribution in [3.63, 3.8) is 0 Å². The fourth-order valence-electron chi connectivity index (χ4n) is 9.12. The minimum absolute atomic E-state index is 0.0260. The molecular formula is C41H29Br2Cl2F3N4O6. The lowest BCUT2D eigenvalue weighted by Crippen LogP contribution is -2.53. The fourth-order valence-corrected chi connectivity index (χ4v) is 10.4. The number of carbonyl (C=O) groups excluding carboxylic acids is 4. The van der Waals surface area contributed by atoms with Crippen molar-refractivity contribution in [3.8, 4) is 11.5 Å². The molecule has 8 rings (SSSR count). The third-order valence-corrected chi connectivity index (χ3v) is 14.3. The number of aromatic hydroxyl groups is 1. The first-order valence-electron chi connectivity index (χ1n) is 17.7. The lowest BCUT2D eigenvalue weighted by Gasteiger charge is -2.51. The van der Waals surface area contributed by atoms with E-state index in [0.717, 1.165) is 5.56 Å². The molecule has 17 heteroatoms. The first-order valence-corrected chi connectivity index (χ1v) is 20.1. The van der Waals surface area contributed by atoms with Crippen LogP contribution in [0, 0.1) is 23.7 Å². The summed E-state index contributed by atoms with van der Waals surface area (Å²) in [4.78, 5) is 64.3.